The van der Waals surface area contributed by atoms with Gasteiger partial charge in [-0.3, -0.25) is 4.79 Å². The maximum Gasteiger partial charge on any atom is 0.233 e. The van der Waals surface area contributed by atoms with E-state index in [1.807, 2.05) is 24.3 Å². The van der Waals surface area contributed by atoms with Gasteiger partial charge in [-0.2, -0.15) is 5.26 Å². The van der Waals surface area contributed by atoms with Crippen LogP contribution in [-0.4, -0.2) is 32.7 Å². The van der Waals surface area contributed by atoms with Crippen LogP contribution in [0.5, 0.6) is 0 Å². The van der Waals surface area contributed by atoms with Gasteiger partial charge in [-0.15, -0.1) is 0 Å². The highest BCUT2D eigenvalue weighted by molar-refractivity contribution is 7.99. The van der Waals surface area contributed by atoms with Crippen LogP contribution in [0.1, 0.15) is 25.5 Å². The summed E-state index contributed by atoms with van der Waals surface area (Å²) in [6, 6.07) is 11.4. The summed E-state index contributed by atoms with van der Waals surface area (Å²) >= 11 is 7.50. The molecule has 0 saturated carbocycles. The van der Waals surface area contributed by atoms with Gasteiger partial charge in [0.1, 0.15) is 5.76 Å². The number of benzene rings is 1. The van der Waals surface area contributed by atoms with Crippen LogP contribution in [0.4, 0.5) is 0 Å². The minimum Gasteiger partial charge on any atom is -0.467 e. The first-order valence-electron chi connectivity index (χ1n) is 9.08. The van der Waals surface area contributed by atoms with Crippen molar-refractivity contribution < 1.29 is 9.21 Å². The fourth-order valence-electron chi connectivity index (χ4n) is 2.92. The zero-order valence-corrected chi connectivity index (χ0v) is 17.2. The van der Waals surface area contributed by atoms with Crippen LogP contribution in [0.3, 0.4) is 0 Å². The summed E-state index contributed by atoms with van der Waals surface area (Å²) in [5.41, 5.74) is 1.84. The van der Waals surface area contributed by atoms with E-state index in [1.54, 1.807) is 17.2 Å². The first-order valence-corrected chi connectivity index (χ1v) is 10.4. The Kier molecular flexibility index (Phi) is 7.01. The number of halogens is 1. The van der Waals surface area contributed by atoms with Gasteiger partial charge < -0.3 is 13.9 Å². The van der Waals surface area contributed by atoms with Crippen LogP contribution in [0.15, 0.2) is 46.2 Å². The van der Waals surface area contributed by atoms with E-state index in [0.29, 0.717) is 23.9 Å². The zero-order chi connectivity index (χ0) is 19.9. The smallest absolute Gasteiger partial charge is 0.233 e. The van der Waals surface area contributed by atoms with Crippen molar-refractivity contribution in [3.63, 3.8) is 0 Å². The molecule has 6 nitrogen and oxygen atoms in total. The number of aromatic nitrogens is 2. The second kappa shape index (κ2) is 9.67. The lowest BCUT2D eigenvalue weighted by atomic mass is 10.3. The fourth-order valence-corrected chi connectivity index (χ4v) is 4.03. The molecule has 0 N–H and O–H groups in total. The SMILES string of the molecule is CCCn1c(SCC(=O)N(CCC#N)Cc2ccco2)nc2cc(Cl)ccc21. The zero-order valence-electron chi connectivity index (χ0n) is 15.6. The average molecular weight is 417 g/mol. The largest absolute Gasteiger partial charge is 0.467 e. The van der Waals surface area contributed by atoms with E-state index in [0.717, 1.165) is 29.2 Å². The predicted molar refractivity (Wildman–Crippen MR) is 110 cm³/mol. The van der Waals surface area contributed by atoms with E-state index >= 15 is 0 Å². The minimum absolute atomic E-state index is 0.0511. The molecule has 8 heteroatoms. The van der Waals surface area contributed by atoms with E-state index in [-0.39, 0.29) is 18.1 Å². The molecule has 0 radical (unpaired) electrons. The molecule has 3 rings (SSSR count). The van der Waals surface area contributed by atoms with Gasteiger partial charge in [0.15, 0.2) is 5.16 Å². The summed E-state index contributed by atoms with van der Waals surface area (Å²) in [4.78, 5) is 19.1. The molecular formula is C20H21ClN4O2S. The Balaban J connectivity index is 1.74. The van der Waals surface area contributed by atoms with Crippen LogP contribution in [0.25, 0.3) is 11.0 Å². The van der Waals surface area contributed by atoms with Crippen molar-refractivity contribution in [2.75, 3.05) is 12.3 Å². The molecule has 1 amide bonds. The molecule has 146 valence electrons. The maximum absolute atomic E-state index is 12.8. The topological polar surface area (TPSA) is 75.1 Å². The molecule has 0 saturated heterocycles. The summed E-state index contributed by atoms with van der Waals surface area (Å²) in [5, 5.41) is 10.3. The number of nitrogens with zero attached hydrogens (tertiary/aromatic N) is 4. The maximum atomic E-state index is 12.8. The van der Waals surface area contributed by atoms with Crippen molar-refractivity contribution in [2.45, 2.75) is 38.0 Å². The van der Waals surface area contributed by atoms with Crippen molar-refractivity contribution in [1.82, 2.24) is 14.5 Å². The van der Waals surface area contributed by atoms with Crippen molar-refractivity contribution in [1.29, 1.82) is 5.26 Å². The Morgan fingerprint density at radius 1 is 1.43 bits per heavy atom. The number of carbonyl (C=O) groups excluding carboxylic acids is 1. The number of rotatable bonds is 9. The number of hydrogen-bond acceptors (Lipinski definition) is 5. The third-order valence-electron chi connectivity index (χ3n) is 4.22. The molecule has 2 heterocycles. The highest BCUT2D eigenvalue weighted by Crippen LogP contribution is 2.27. The quantitative estimate of drug-likeness (QED) is 0.471. The molecule has 0 bridgehead atoms. The average Bonchev–Trinajstić information content (AvgIpc) is 3.31. The van der Waals surface area contributed by atoms with Gasteiger partial charge >= 0.3 is 0 Å². The van der Waals surface area contributed by atoms with E-state index in [1.165, 1.54) is 11.8 Å². The summed E-state index contributed by atoms with van der Waals surface area (Å²) in [6.07, 6.45) is 2.82. The Labute approximate surface area is 173 Å². The molecular weight excluding hydrogens is 396 g/mol. The van der Waals surface area contributed by atoms with Gasteiger partial charge in [0.2, 0.25) is 5.91 Å². The van der Waals surface area contributed by atoms with Crippen LogP contribution < -0.4 is 0 Å². The van der Waals surface area contributed by atoms with Crippen LogP contribution in [-0.2, 0) is 17.9 Å². The molecule has 28 heavy (non-hydrogen) atoms. The van der Waals surface area contributed by atoms with Gasteiger partial charge in [0.25, 0.3) is 0 Å². The lowest BCUT2D eigenvalue weighted by Gasteiger charge is -2.20. The van der Waals surface area contributed by atoms with Gasteiger partial charge in [-0.05, 0) is 36.8 Å². The fraction of sp³-hybridized carbons (Fsp3) is 0.350. The normalized spacial score (nSPS) is 10.9. The Bertz CT molecular complexity index is 978. The van der Waals surface area contributed by atoms with Gasteiger partial charge in [0.05, 0.1) is 42.1 Å². The van der Waals surface area contributed by atoms with Crippen LogP contribution in [0, 0.1) is 11.3 Å². The molecule has 3 aromatic rings. The first kappa shape index (κ1) is 20.3. The third-order valence-corrected chi connectivity index (χ3v) is 5.42. The Morgan fingerprint density at radius 3 is 3.00 bits per heavy atom. The molecule has 2 aromatic heterocycles. The molecule has 0 aliphatic carbocycles. The first-order chi connectivity index (χ1) is 13.6. The number of fused-ring (bicyclic) bond motifs is 1. The number of furan rings is 1. The van der Waals surface area contributed by atoms with Crippen molar-refractivity contribution in [3.05, 3.63) is 47.4 Å². The number of carbonyl (C=O) groups is 1. The lowest BCUT2D eigenvalue weighted by Crippen LogP contribution is -2.32. The second-order valence-corrected chi connectivity index (χ2v) is 7.65. The highest BCUT2D eigenvalue weighted by Gasteiger charge is 2.18. The molecule has 0 spiro atoms. The Morgan fingerprint density at radius 2 is 2.29 bits per heavy atom. The third kappa shape index (κ3) is 4.89. The van der Waals surface area contributed by atoms with E-state index < -0.39 is 0 Å². The molecule has 0 unspecified atom stereocenters. The van der Waals surface area contributed by atoms with Crippen LogP contribution >= 0.6 is 23.4 Å². The predicted octanol–water partition coefficient (Wildman–Crippen LogP) is 4.73. The number of imidazole rings is 1. The highest BCUT2D eigenvalue weighted by atomic mass is 35.5. The molecule has 0 aliphatic rings. The van der Waals surface area contributed by atoms with E-state index in [2.05, 4.69) is 22.5 Å². The van der Waals surface area contributed by atoms with Gasteiger partial charge in [-0.25, -0.2) is 4.98 Å². The number of thioether (sulfide) groups is 1. The van der Waals surface area contributed by atoms with E-state index in [9.17, 15) is 4.79 Å². The number of amides is 1. The van der Waals surface area contributed by atoms with Crippen molar-refractivity contribution >= 4 is 40.3 Å². The Hall–Kier alpha value is -2.43. The lowest BCUT2D eigenvalue weighted by molar-refractivity contribution is -0.129. The summed E-state index contributed by atoms with van der Waals surface area (Å²) in [6.45, 7) is 3.65. The van der Waals surface area contributed by atoms with Gasteiger partial charge in [0, 0.05) is 18.1 Å². The molecule has 0 atom stereocenters. The summed E-state index contributed by atoms with van der Waals surface area (Å²) < 4.78 is 7.47. The molecule has 1 aromatic carbocycles. The standard InChI is InChI=1S/C20H21ClN4O2S/c1-2-9-25-18-7-6-15(21)12-17(18)23-20(25)28-14-19(26)24(10-4-8-22)13-16-5-3-11-27-16/h3,5-7,11-12H,2,4,9-10,13-14H2,1H3. The number of aryl methyl sites for hydroxylation is 1. The van der Waals surface area contributed by atoms with Gasteiger partial charge in [-0.1, -0.05) is 30.3 Å². The summed E-state index contributed by atoms with van der Waals surface area (Å²) in [7, 11) is 0. The van der Waals surface area contributed by atoms with Crippen LogP contribution in [0.2, 0.25) is 5.02 Å². The number of hydrogen-bond donors (Lipinski definition) is 0. The van der Waals surface area contributed by atoms with E-state index in [4.69, 9.17) is 21.3 Å². The van der Waals surface area contributed by atoms with Crippen molar-refractivity contribution in [3.8, 4) is 6.07 Å². The monoisotopic (exact) mass is 416 g/mol. The summed E-state index contributed by atoms with van der Waals surface area (Å²) in [5.74, 6) is 0.890. The minimum atomic E-state index is -0.0511. The second-order valence-electron chi connectivity index (χ2n) is 6.27. The molecule has 0 aliphatic heterocycles. The number of nitriles is 1. The van der Waals surface area contributed by atoms with Crippen molar-refractivity contribution in [2.24, 2.45) is 0 Å². The molecule has 0 fully saturated rings.